The Kier molecular flexibility index (Phi) is 6.39. The highest BCUT2D eigenvalue weighted by Crippen LogP contribution is 2.44. The number of carbonyl (C=O) groups is 3. The number of hydrogen-bond acceptors (Lipinski definition) is 5. The molecule has 3 N–H and O–H groups in total. The number of aromatic carboxylic acids is 1. The fourth-order valence-corrected chi connectivity index (χ4v) is 3.98. The van der Waals surface area contributed by atoms with Crippen LogP contribution in [0.5, 0.6) is 0 Å². The van der Waals surface area contributed by atoms with Crippen LogP contribution < -0.4 is 10.6 Å². The van der Waals surface area contributed by atoms with E-state index < -0.39 is 12.1 Å². The molecule has 1 heterocycles. The van der Waals surface area contributed by atoms with E-state index in [1.807, 2.05) is 24.3 Å². The standard InChI is InChI=1S/C24H24N4O5/c1-28-21(13-20(27-28)23(30)31)26-22(29)11-6-12-25-24(32)33-14-19-17-9-4-2-7-15(17)16-8-3-5-10-18(16)19/h2-5,7-10,13,19H,6,11-12,14H2,1H3,(H,25,32)(H,26,29)(H,30,31). The van der Waals surface area contributed by atoms with Gasteiger partial charge < -0.3 is 20.5 Å². The molecule has 0 bridgehead atoms. The number of ether oxygens (including phenoxy) is 1. The van der Waals surface area contributed by atoms with Crippen molar-refractivity contribution in [3.05, 3.63) is 71.4 Å². The van der Waals surface area contributed by atoms with Crippen molar-refractivity contribution in [3.63, 3.8) is 0 Å². The van der Waals surface area contributed by atoms with E-state index in [9.17, 15) is 14.4 Å². The van der Waals surface area contributed by atoms with Crippen molar-refractivity contribution in [1.29, 1.82) is 0 Å². The quantitative estimate of drug-likeness (QED) is 0.454. The number of benzene rings is 2. The van der Waals surface area contributed by atoms with Crippen molar-refractivity contribution in [1.82, 2.24) is 15.1 Å². The van der Waals surface area contributed by atoms with Gasteiger partial charge in [-0.1, -0.05) is 48.5 Å². The van der Waals surface area contributed by atoms with Crippen LogP contribution in [0.25, 0.3) is 11.1 Å². The van der Waals surface area contributed by atoms with E-state index in [0.717, 1.165) is 22.3 Å². The third kappa shape index (κ3) is 4.87. The van der Waals surface area contributed by atoms with Gasteiger partial charge in [-0.05, 0) is 28.7 Å². The van der Waals surface area contributed by atoms with Crippen LogP contribution in [0.15, 0.2) is 54.6 Å². The van der Waals surface area contributed by atoms with Gasteiger partial charge in [0.2, 0.25) is 5.91 Å². The number of alkyl carbamates (subject to hydrolysis) is 1. The third-order valence-corrected chi connectivity index (χ3v) is 5.56. The fraction of sp³-hybridized carbons (Fsp3) is 0.250. The summed E-state index contributed by atoms with van der Waals surface area (Å²) in [5.41, 5.74) is 4.47. The van der Waals surface area contributed by atoms with Crippen LogP contribution in [0, 0.1) is 0 Å². The number of hydrogen-bond donors (Lipinski definition) is 3. The summed E-state index contributed by atoms with van der Waals surface area (Å²) in [6.45, 7) is 0.503. The molecule has 0 atom stereocenters. The molecule has 0 spiro atoms. The van der Waals surface area contributed by atoms with Crippen molar-refractivity contribution in [2.45, 2.75) is 18.8 Å². The van der Waals surface area contributed by atoms with Crippen molar-refractivity contribution < 1.29 is 24.2 Å². The highest BCUT2D eigenvalue weighted by molar-refractivity contribution is 5.92. The normalized spacial score (nSPS) is 12.0. The smallest absolute Gasteiger partial charge is 0.407 e. The molecule has 0 saturated heterocycles. The summed E-state index contributed by atoms with van der Waals surface area (Å²) in [6.07, 6.45) is 0.0201. The molecule has 3 aromatic rings. The molecule has 0 aliphatic heterocycles. The Bertz CT molecular complexity index is 1160. The Morgan fingerprint density at radius 2 is 1.70 bits per heavy atom. The lowest BCUT2D eigenvalue weighted by Gasteiger charge is -2.14. The number of nitrogens with zero attached hydrogens (tertiary/aromatic N) is 2. The second-order valence-corrected chi connectivity index (χ2v) is 7.75. The molecule has 0 fully saturated rings. The Morgan fingerprint density at radius 1 is 1.06 bits per heavy atom. The summed E-state index contributed by atoms with van der Waals surface area (Å²) in [5.74, 6) is -1.19. The summed E-state index contributed by atoms with van der Waals surface area (Å²) in [4.78, 5) is 35.2. The van der Waals surface area contributed by atoms with Crippen molar-refractivity contribution in [3.8, 4) is 11.1 Å². The predicted octanol–water partition coefficient (Wildman–Crippen LogP) is 3.38. The maximum Gasteiger partial charge on any atom is 0.407 e. The number of nitrogens with one attached hydrogen (secondary N) is 2. The molecule has 9 nitrogen and oxygen atoms in total. The summed E-state index contributed by atoms with van der Waals surface area (Å²) < 4.78 is 6.75. The average Bonchev–Trinajstić information content (AvgIpc) is 3.33. The molecule has 4 rings (SSSR count). The van der Waals surface area contributed by atoms with Gasteiger partial charge in [-0.3, -0.25) is 9.48 Å². The van der Waals surface area contributed by atoms with Gasteiger partial charge in [0.15, 0.2) is 5.69 Å². The second kappa shape index (κ2) is 9.56. The van der Waals surface area contributed by atoms with E-state index in [2.05, 4.69) is 40.0 Å². The number of anilines is 1. The Morgan fingerprint density at radius 3 is 2.30 bits per heavy atom. The first-order chi connectivity index (χ1) is 15.9. The van der Waals surface area contributed by atoms with E-state index in [-0.39, 0.29) is 37.1 Å². The number of rotatable bonds is 8. The van der Waals surface area contributed by atoms with E-state index in [4.69, 9.17) is 9.84 Å². The molecular formula is C24H24N4O5. The molecule has 0 unspecified atom stereocenters. The number of amides is 2. The van der Waals surface area contributed by atoms with Crippen LogP contribution in [0.1, 0.15) is 40.4 Å². The minimum Gasteiger partial charge on any atom is -0.476 e. The summed E-state index contributed by atoms with van der Waals surface area (Å²) in [6, 6.07) is 17.5. The van der Waals surface area contributed by atoms with Crippen LogP contribution in [0.4, 0.5) is 10.6 Å². The van der Waals surface area contributed by atoms with Gasteiger partial charge >= 0.3 is 12.1 Å². The first-order valence-corrected chi connectivity index (χ1v) is 10.6. The number of carbonyl (C=O) groups excluding carboxylic acids is 2. The van der Waals surface area contributed by atoms with Gasteiger partial charge in [0, 0.05) is 32.0 Å². The number of carboxylic acids is 1. The van der Waals surface area contributed by atoms with Gasteiger partial charge in [0.1, 0.15) is 12.4 Å². The van der Waals surface area contributed by atoms with Crippen molar-refractivity contribution in [2.75, 3.05) is 18.5 Å². The van der Waals surface area contributed by atoms with Crippen LogP contribution in [0.3, 0.4) is 0 Å². The minimum absolute atomic E-state index is 0.0106. The molecule has 1 aromatic heterocycles. The molecular weight excluding hydrogens is 424 g/mol. The van der Waals surface area contributed by atoms with Crippen LogP contribution >= 0.6 is 0 Å². The first kappa shape index (κ1) is 22.1. The van der Waals surface area contributed by atoms with E-state index in [0.29, 0.717) is 12.2 Å². The number of fused-ring (bicyclic) bond motifs is 3. The zero-order chi connectivity index (χ0) is 23.4. The zero-order valence-corrected chi connectivity index (χ0v) is 18.1. The largest absolute Gasteiger partial charge is 0.476 e. The number of aryl methyl sites for hydroxylation is 1. The topological polar surface area (TPSA) is 123 Å². The summed E-state index contributed by atoms with van der Waals surface area (Å²) in [5, 5.41) is 18.0. The molecule has 170 valence electrons. The van der Waals surface area contributed by atoms with E-state index >= 15 is 0 Å². The lowest BCUT2D eigenvalue weighted by molar-refractivity contribution is -0.116. The van der Waals surface area contributed by atoms with Crippen molar-refractivity contribution >= 4 is 23.8 Å². The fourth-order valence-electron chi connectivity index (χ4n) is 3.98. The van der Waals surface area contributed by atoms with Crippen molar-refractivity contribution in [2.24, 2.45) is 7.05 Å². The van der Waals surface area contributed by atoms with Crippen LogP contribution in [-0.2, 0) is 16.6 Å². The van der Waals surface area contributed by atoms with Gasteiger partial charge in [-0.2, -0.15) is 5.10 Å². The van der Waals surface area contributed by atoms with Gasteiger partial charge in [0.25, 0.3) is 0 Å². The lowest BCUT2D eigenvalue weighted by atomic mass is 9.98. The zero-order valence-electron chi connectivity index (χ0n) is 18.1. The number of aromatic nitrogens is 2. The van der Waals surface area contributed by atoms with Gasteiger partial charge in [-0.25, -0.2) is 9.59 Å². The highest BCUT2D eigenvalue weighted by Gasteiger charge is 2.28. The molecule has 1 aliphatic rings. The average molecular weight is 448 g/mol. The molecule has 1 aliphatic carbocycles. The lowest BCUT2D eigenvalue weighted by Crippen LogP contribution is -2.27. The summed E-state index contributed by atoms with van der Waals surface area (Å²) >= 11 is 0. The Balaban J connectivity index is 1.22. The highest BCUT2D eigenvalue weighted by atomic mass is 16.5. The maximum absolute atomic E-state index is 12.2. The van der Waals surface area contributed by atoms with Crippen LogP contribution in [-0.4, -0.2) is 46.0 Å². The monoisotopic (exact) mass is 448 g/mol. The number of carboxylic acid groups (broad SMARTS) is 1. The second-order valence-electron chi connectivity index (χ2n) is 7.75. The van der Waals surface area contributed by atoms with Gasteiger partial charge in [0.05, 0.1) is 0 Å². The molecule has 0 saturated carbocycles. The SMILES string of the molecule is Cn1nc(C(=O)O)cc1NC(=O)CCCNC(=O)OCC1c2ccccc2-c2ccccc21. The Hall–Kier alpha value is -4.14. The molecule has 2 aromatic carbocycles. The first-order valence-electron chi connectivity index (χ1n) is 10.6. The molecule has 2 amide bonds. The third-order valence-electron chi connectivity index (χ3n) is 5.56. The maximum atomic E-state index is 12.2. The molecule has 33 heavy (non-hydrogen) atoms. The Labute approximate surface area is 190 Å². The molecule has 0 radical (unpaired) electrons. The predicted molar refractivity (Wildman–Crippen MR) is 121 cm³/mol. The van der Waals surface area contributed by atoms with E-state index in [1.165, 1.54) is 10.7 Å². The summed E-state index contributed by atoms with van der Waals surface area (Å²) in [7, 11) is 1.54. The van der Waals surface area contributed by atoms with E-state index in [1.54, 1.807) is 7.05 Å². The minimum atomic E-state index is -1.17. The molecule has 9 heteroatoms. The van der Waals surface area contributed by atoms with Crippen LogP contribution in [0.2, 0.25) is 0 Å². The van der Waals surface area contributed by atoms with Gasteiger partial charge in [-0.15, -0.1) is 0 Å².